The van der Waals surface area contributed by atoms with Gasteiger partial charge in [-0.2, -0.15) is 0 Å². The van der Waals surface area contributed by atoms with Gasteiger partial charge in [0.2, 0.25) is 0 Å². The molecule has 2 rings (SSSR count). The van der Waals surface area contributed by atoms with Gasteiger partial charge >= 0.3 is 0 Å². The van der Waals surface area contributed by atoms with Gasteiger partial charge in [0.25, 0.3) is 0 Å². The number of hydrogen-bond donors (Lipinski definition) is 1. The maximum absolute atomic E-state index is 13.1. The number of benzene rings is 1. The first-order chi connectivity index (χ1) is 8.99. The zero-order chi connectivity index (χ0) is 14.0. The van der Waals surface area contributed by atoms with Crippen LogP contribution in [0.15, 0.2) is 24.4 Å². The first-order valence-electron chi connectivity index (χ1n) is 5.75. The summed E-state index contributed by atoms with van der Waals surface area (Å²) >= 11 is 5.87. The first-order valence-corrected chi connectivity index (χ1v) is 6.13. The van der Waals surface area contributed by atoms with Crippen molar-refractivity contribution in [2.45, 2.75) is 19.6 Å². The molecule has 19 heavy (non-hydrogen) atoms. The number of hydrogen-bond acceptors (Lipinski definition) is 3. The van der Waals surface area contributed by atoms with E-state index < -0.39 is 11.9 Å². The third kappa shape index (κ3) is 3.05. The maximum Gasteiger partial charge on any atom is 0.147 e. The zero-order valence-electron chi connectivity index (χ0n) is 10.6. The highest BCUT2D eigenvalue weighted by Crippen LogP contribution is 2.26. The topological polar surface area (TPSA) is 47.3 Å². The molecule has 1 atom stereocenters. The van der Waals surface area contributed by atoms with Crippen LogP contribution >= 0.6 is 11.6 Å². The Morgan fingerprint density at radius 1 is 1.53 bits per heavy atom. The minimum absolute atomic E-state index is 0.189. The van der Waals surface area contributed by atoms with Gasteiger partial charge in [0, 0.05) is 12.6 Å². The lowest BCUT2D eigenvalue weighted by molar-refractivity contribution is 0.188. The number of halogens is 2. The monoisotopic (exact) mass is 284 g/mol. The molecule has 6 heteroatoms. The summed E-state index contributed by atoms with van der Waals surface area (Å²) in [7, 11) is 1.77. The van der Waals surface area contributed by atoms with E-state index in [9.17, 15) is 9.50 Å². The van der Waals surface area contributed by atoms with Crippen molar-refractivity contribution < 1.29 is 14.2 Å². The van der Waals surface area contributed by atoms with E-state index in [0.29, 0.717) is 22.3 Å². The molecule has 0 unspecified atom stereocenters. The van der Waals surface area contributed by atoms with Crippen LogP contribution < -0.4 is 4.74 Å². The summed E-state index contributed by atoms with van der Waals surface area (Å²) in [6.07, 6.45) is 0.719. The molecule has 0 bridgehead atoms. The Morgan fingerprint density at radius 3 is 2.84 bits per heavy atom. The third-order valence-electron chi connectivity index (χ3n) is 2.81. The molecule has 4 nitrogen and oxygen atoms in total. The smallest absolute Gasteiger partial charge is 0.147 e. The maximum atomic E-state index is 13.1. The second kappa shape index (κ2) is 5.59. The molecule has 102 valence electrons. The van der Waals surface area contributed by atoms with Crippen molar-refractivity contribution >= 4 is 11.6 Å². The molecule has 0 saturated carbocycles. The van der Waals surface area contributed by atoms with Crippen molar-refractivity contribution in [3.05, 3.63) is 46.8 Å². The minimum Gasteiger partial charge on any atom is -0.485 e. The Balaban J connectivity index is 2.17. The van der Waals surface area contributed by atoms with Crippen molar-refractivity contribution in [1.29, 1.82) is 0 Å². The summed E-state index contributed by atoms with van der Waals surface area (Å²) in [6.45, 7) is 1.74. The third-order valence-corrected chi connectivity index (χ3v) is 3.16. The average Bonchev–Trinajstić information content (AvgIpc) is 2.68. The average molecular weight is 285 g/mol. The van der Waals surface area contributed by atoms with Crippen molar-refractivity contribution in [2.75, 3.05) is 0 Å². The predicted octanol–water partition coefficient (Wildman–Crippen LogP) is 2.84. The minimum atomic E-state index is -0.810. The number of imidazole rings is 1. The fraction of sp³-hybridized carbons (Fsp3) is 0.308. The van der Waals surface area contributed by atoms with E-state index in [2.05, 4.69) is 4.98 Å². The molecule has 0 amide bonds. The highest BCUT2D eigenvalue weighted by atomic mass is 35.5. The Morgan fingerprint density at radius 2 is 2.26 bits per heavy atom. The highest BCUT2D eigenvalue weighted by molar-refractivity contribution is 6.29. The summed E-state index contributed by atoms with van der Waals surface area (Å²) in [6, 6.07) is 4.03. The summed E-state index contributed by atoms with van der Waals surface area (Å²) in [5.41, 5.74) is 0.403. The van der Waals surface area contributed by atoms with Crippen molar-refractivity contribution in [3.63, 3.8) is 0 Å². The molecule has 1 N–H and O–H groups in total. The summed E-state index contributed by atoms with van der Waals surface area (Å²) in [4.78, 5) is 4.09. The van der Waals surface area contributed by atoms with E-state index in [4.69, 9.17) is 16.3 Å². The van der Waals surface area contributed by atoms with E-state index >= 15 is 0 Å². The Hall–Kier alpha value is -1.59. The number of aliphatic hydroxyl groups excluding tert-OH is 1. The number of rotatable bonds is 4. The van der Waals surface area contributed by atoms with Crippen LogP contribution in [-0.2, 0) is 13.7 Å². The van der Waals surface area contributed by atoms with Crippen LogP contribution in [0.4, 0.5) is 4.39 Å². The molecule has 0 spiro atoms. The molecule has 2 aromatic rings. The lowest BCUT2D eigenvalue weighted by Crippen LogP contribution is -2.06. The fourth-order valence-electron chi connectivity index (χ4n) is 1.68. The van der Waals surface area contributed by atoms with Gasteiger partial charge in [0.15, 0.2) is 0 Å². The summed E-state index contributed by atoms with van der Waals surface area (Å²) in [5.74, 6) is 0.657. The molecule has 0 aliphatic heterocycles. The molecule has 0 aliphatic carbocycles. The molecular formula is C13H14ClFN2O2. The Kier molecular flexibility index (Phi) is 4.07. The van der Waals surface area contributed by atoms with Gasteiger partial charge in [-0.15, -0.1) is 0 Å². The lowest BCUT2D eigenvalue weighted by atomic mass is 10.1. The quantitative estimate of drug-likeness (QED) is 0.939. The van der Waals surface area contributed by atoms with Gasteiger partial charge in [-0.25, -0.2) is 9.37 Å². The summed E-state index contributed by atoms with van der Waals surface area (Å²) in [5, 5.41) is 10.1. The van der Waals surface area contributed by atoms with Crippen molar-refractivity contribution in [1.82, 2.24) is 9.55 Å². The molecule has 0 fully saturated rings. The highest BCUT2D eigenvalue weighted by Gasteiger charge is 2.12. The molecule has 0 saturated heterocycles. The normalized spacial score (nSPS) is 12.5. The molecular weight excluding hydrogens is 271 g/mol. The Bertz CT molecular complexity index is 584. The van der Waals surface area contributed by atoms with Gasteiger partial charge < -0.3 is 14.4 Å². The van der Waals surface area contributed by atoms with E-state index in [1.54, 1.807) is 18.5 Å². The van der Waals surface area contributed by atoms with Crippen molar-refractivity contribution in [3.8, 4) is 5.75 Å². The van der Waals surface area contributed by atoms with E-state index in [-0.39, 0.29) is 6.61 Å². The number of aromatic nitrogens is 2. The van der Waals surface area contributed by atoms with Gasteiger partial charge in [0.05, 0.1) is 12.3 Å². The van der Waals surface area contributed by atoms with Crippen LogP contribution in [0.2, 0.25) is 5.15 Å². The fourth-order valence-corrected chi connectivity index (χ4v) is 1.82. The van der Waals surface area contributed by atoms with Crippen LogP contribution in [0.1, 0.15) is 24.4 Å². The van der Waals surface area contributed by atoms with E-state index in [1.165, 1.54) is 24.4 Å². The van der Waals surface area contributed by atoms with E-state index in [1.807, 2.05) is 0 Å². The molecule has 1 heterocycles. The van der Waals surface area contributed by atoms with Crippen LogP contribution in [0.25, 0.3) is 0 Å². The standard InChI is InChI=1S/C13H14ClFN2O2/c1-8(18)10-5-9(15)3-4-11(10)19-7-13-16-6-12(14)17(13)2/h3-6,8,18H,7H2,1-2H3/t8-/m1/s1. The molecule has 0 aliphatic rings. The lowest BCUT2D eigenvalue weighted by Gasteiger charge is -2.13. The van der Waals surface area contributed by atoms with Gasteiger partial charge in [0.1, 0.15) is 29.2 Å². The number of aliphatic hydroxyl groups is 1. The van der Waals surface area contributed by atoms with Gasteiger partial charge in [-0.3, -0.25) is 0 Å². The number of ether oxygens (including phenoxy) is 1. The van der Waals surface area contributed by atoms with Gasteiger partial charge in [-0.1, -0.05) is 11.6 Å². The molecule has 1 aromatic carbocycles. The summed E-state index contributed by atoms with van der Waals surface area (Å²) < 4.78 is 20.4. The van der Waals surface area contributed by atoms with Crippen LogP contribution in [-0.4, -0.2) is 14.7 Å². The zero-order valence-corrected chi connectivity index (χ0v) is 11.4. The van der Waals surface area contributed by atoms with Crippen LogP contribution in [0.3, 0.4) is 0 Å². The van der Waals surface area contributed by atoms with Crippen LogP contribution in [0, 0.1) is 5.82 Å². The largest absolute Gasteiger partial charge is 0.485 e. The predicted molar refractivity (Wildman–Crippen MR) is 69.6 cm³/mol. The van der Waals surface area contributed by atoms with Crippen molar-refractivity contribution in [2.24, 2.45) is 7.05 Å². The van der Waals surface area contributed by atoms with Crippen LogP contribution in [0.5, 0.6) is 5.75 Å². The Labute approximate surface area is 115 Å². The first kappa shape index (κ1) is 13.8. The van der Waals surface area contributed by atoms with E-state index in [0.717, 1.165) is 0 Å². The number of nitrogens with zero attached hydrogens (tertiary/aromatic N) is 2. The molecule has 1 aromatic heterocycles. The second-order valence-corrected chi connectivity index (χ2v) is 4.59. The SMILES string of the molecule is C[C@@H](O)c1cc(F)ccc1OCc1ncc(Cl)n1C. The molecule has 0 radical (unpaired) electrons. The van der Waals surface area contributed by atoms with Gasteiger partial charge in [-0.05, 0) is 25.1 Å². The second-order valence-electron chi connectivity index (χ2n) is 4.20.